The number of phenols is 1. The number of hydrogen-bond acceptors (Lipinski definition) is 6. The predicted octanol–water partition coefficient (Wildman–Crippen LogP) is 2.61. The highest BCUT2D eigenvalue weighted by molar-refractivity contribution is 5.92. The highest BCUT2D eigenvalue weighted by atomic mass is 16.6. The molecule has 0 saturated heterocycles. The fourth-order valence-corrected chi connectivity index (χ4v) is 3.57. The largest absolute Gasteiger partial charge is 0.508 e. The molecule has 2 unspecified atom stereocenters. The smallest absolute Gasteiger partial charge is 0.408 e. The zero-order valence-electron chi connectivity index (χ0n) is 20.3. The molecule has 9 nitrogen and oxygen atoms in total. The molecule has 0 heterocycles. The monoisotopic (exact) mass is 463 g/mol. The molecule has 0 aliphatic heterocycles. The Labute approximate surface area is 195 Å². The van der Waals surface area contributed by atoms with Gasteiger partial charge in [0.25, 0.3) is 0 Å². The summed E-state index contributed by atoms with van der Waals surface area (Å²) in [5.41, 5.74) is -0.908. The lowest BCUT2D eigenvalue weighted by Crippen LogP contribution is -2.59. The molecule has 2 rings (SSSR count). The second-order valence-electron chi connectivity index (χ2n) is 10.4. The second-order valence-corrected chi connectivity index (χ2v) is 10.4. The molecule has 1 aromatic carbocycles. The Morgan fingerprint density at radius 3 is 2.24 bits per heavy atom. The number of nitrogens with zero attached hydrogens (tertiary/aromatic N) is 1. The molecule has 0 aromatic heterocycles. The van der Waals surface area contributed by atoms with Crippen LogP contribution < -0.4 is 10.6 Å². The maximum Gasteiger partial charge on any atom is 0.408 e. The Morgan fingerprint density at radius 1 is 1.15 bits per heavy atom. The summed E-state index contributed by atoms with van der Waals surface area (Å²) in [5, 5.41) is 25.3. The van der Waals surface area contributed by atoms with Crippen molar-refractivity contribution in [1.29, 1.82) is 0 Å². The average Bonchev–Trinajstić information content (AvgIpc) is 2.60. The first-order chi connectivity index (χ1) is 15.2. The van der Waals surface area contributed by atoms with Crippen LogP contribution in [0.2, 0.25) is 0 Å². The van der Waals surface area contributed by atoms with Crippen molar-refractivity contribution in [1.82, 2.24) is 15.5 Å². The van der Waals surface area contributed by atoms with E-state index in [9.17, 15) is 24.6 Å². The molecule has 2 atom stereocenters. The number of ether oxygens (including phenoxy) is 1. The van der Waals surface area contributed by atoms with Crippen molar-refractivity contribution in [3.63, 3.8) is 0 Å². The lowest BCUT2D eigenvalue weighted by molar-refractivity contribution is -0.148. The molecule has 1 fully saturated rings. The Kier molecular flexibility index (Phi) is 8.35. The summed E-state index contributed by atoms with van der Waals surface area (Å²) >= 11 is 0. The zero-order valence-corrected chi connectivity index (χ0v) is 20.3. The number of aliphatic hydroxyl groups excluding tert-OH is 1. The van der Waals surface area contributed by atoms with Crippen molar-refractivity contribution >= 4 is 17.9 Å². The molecular weight excluding hydrogens is 426 g/mol. The van der Waals surface area contributed by atoms with Crippen molar-refractivity contribution in [2.45, 2.75) is 90.1 Å². The van der Waals surface area contributed by atoms with Crippen LogP contribution >= 0.6 is 0 Å². The van der Waals surface area contributed by atoms with Gasteiger partial charge in [0.05, 0.1) is 6.61 Å². The first-order valence-electron chi connectivity index (χ1n) is 11.3. The van der Waals surface area contributed by atoms with Crippen LogP contribution in [0.1, 0.15) is 72.4 Å². The minimum Gasteiger partial charge on any atom is -0.508 e. The molecule has 3 amide bonds. The van der Waals surface area contributed by atoms with Gasteiger partial charge in [-0.2, -0.15) is 0 Å². The van der Waals surface area contributed by atoms with Gasteiger partial charge >= 0.3 is 6.09 Å². The van der Waals surface area contributed by atoms with Gasteiger partial charge in [0.15, 0.2) is 0 Å². The number of aliphatic hydroxyl groups is 1. The van der Waals surface area contributed by atoms with Crippen LogP contribution in [0.3, 0.4) is 0 Å². The van der Waals surface area contributed by atoms with Crippen LogP contribution in [0, 0.1) is 0 Å². The molecule has 0 bridgehead atoms. The molecule has 4 N–H and O–H groups in total. The van der Waals surface area contributed by atoms with Crippen molar-refractivity contribution in [2.75, 3.05) is 6.61 Å². The van der Waals surface area contributed by atoms with Gasteiger partial charge < -0.3 is 30.5 Å². The number of rotatable bonds is 7. The molecule has 1 aliphatic carbocycles. The SMILES string of the molecule is CC(C)(C)NC(=O)C(c1cccc(O)c1)N(C(=O)C(CO)NC(=O)OC(C)(C)C)C1CCC1. The van der Waals surface area contributed by atoms with E-state index < -0.39 is 47.7 Å². The molecule has 9 heteroatoms. The van der Waals surface area contributed by atoms with Crippen LogP contribution in [0.25, 0.3) is 0 Å². The van der Waals surface area contributed by atoms with E-state index in [2.05, 4.69) is 10.6 Å². The summed E-state index contributed by atoms with van der Waals surface area (Å²) in [4.78, 5) is 40.8. The Bertz CT molecular complexity index is 854. The number of benzene rings is 1. The van der Waals surface area contributed by atoms with Crippen LogP contribution in [-0.4, -0.2) is 62.9 Å². The van der Waals surface area contributed by atoms with Gasteiger partial charge in [-0.05, 0) is 78.5 Å². The van der Waals surface area contributed by atoms with Gasteiger partial charge in [-0.25, -0.2) is 4.79 Å². The van der Waals surface area contributed by atoms with Gasteiger partial charge in [-0.15, -0.1) is 0 Å². The predicted molar refractivity (Wildman–Crippen MR) is 123 cm³/mol. The second kappa shape index (κ2) is 10.4. The van der Waals surface area contributed by atoms with E-state index in [-0.39, 0.29) is 11.8 Å². The fourth-order valence-electron chi connectivity index (χ4n) is 3.57. The van der Waals surface area contributed by atoms with E-state index in [0.29, 0.717) is 18.4 Å². The van der Waals surface area contributed by atoms with Crippen molar-refractivity contribution in [3.05, 3.63) is 29.8 Å². The standard InChI is InChI=1S/C24H37N3O6/c1-23(2,3)26-20(30)19(15-9-7-12-17(29)13-15)27(16-10-8-11-16)21(31)18(14-28)25-22(32)33-24(4,5)6/h7,9,12-13,16,18-19,28-29H,8,10-11,14H2,1-6H3,(H,25,32)(H,26,30). The molecule has 0 spiro atoms. The third-order valence-corrected chi connectivity index (χ3v) is 5.10. The Morgan fingerprint density at radius 2 is 1.79 bits per heavy atom. The number of amides is 3. The quantitative estimate of drug-likeness (QED) is 0.492. The first kappa shape index (κ1) is 26.4. The normalized spacial score (nSPS) is 16.2. The van der Waals surface area contributed by atoms with Crippen LogP contribution in [0.5, 0.6) is 5.75 Å². The highest BCUT2D eigenvalue weighted by Gasteiger charge is 2.42. The highest BCUT2D eigenvalue weighted by Crippen LogP contribution is 2.34. The number of carbonyl (C=O) groups is 3. The van der Waals surface area contributed by atoms with Gasteiger partial charge in [0.1, 0.15) is 23.4 Å². The average molecular weight is 464 g/mol. The van der Waals surface area contributed by atoms with E-state index >= 15 is 0 Å². The molecular formula is C24H37N3O6. The minimum atomic E-state index is -1.29. The lowest BCUT2D eigenvalue weighted by atomic mass is 9.88. The lowest BCUT2D eigenvalue weighted by Gasteiger charge is -2.44. The van der Waals surface area contributed by atoms with Crippen LogP contribution in [-0.2, 0) is 14.3 Å². The van der Waals surface area contributed by atoms with Crippen molar-refractivity contribution in [2.24, 2.45) is 0 Å². The summed E-state index contributed by atoms with van der Waals surface area (Å²) in [6.07, 6.45) is 1.44. The fraction of sp³-hybridized carbons (Fsp3) is 0.625. The van der Waals surface area contributed by atoms with Gasteiger partial charge in [0.2, 0.25) is 11.8 Å². The molecule has 184 valence electrons. The Hall–Kier alpha value is -2.81. The third kappa shape index (κ3) is 7.63. The summed E-state index contributed by atoms with van der Waals surface area (Å²) in [6.45, 7) is 9.92. The van der Waals surface area contributed by atoms with Crippen molar-refractivity contribution in [3.8, 4) is 5.75 Å². The minimum absolute atomic E-state index is 0.0346. The zero-order chi connectivity index (χ0) is 25.0. The molecule has 33 heavy (non-hydrogen) atoms. The molecule has 1 aliphatic rings. The van der Waals surface area contributed by atoms with E-state index in [0.717, 1.165) is 6.42 Å². The topological polar surface area (TPSA) is 128 Å². The van der Waals surface area contributed by atoms with Crippen LogP contribution in [0.4, 0.5) is 4.79 Å². The van der Waals surface area contributed by atoms with Gasteiger partial charge in [0, 0.05) is 11.6 Å². The van der Waals surface area contributed by atoms with E-state index in [4.69, 9.17) is 4.74 Å². The summed E-state index contributed by atoms with van der Waals surface area (Å²) in [5.74, 6) is -1.04. The molecule has 1 aromatic rings. The number of carbonyl (C=O) groups excluding carboxylic acids is 3. The van der Waals surface area contributed by atoms with Crippen LogP contribution in [0.15, 0.2) is 24.3 Å². The molecule has 0 radical (unpaired) electrons. The maximum atomic E-state index is 13.6. The first-order valence-corrected chi connectivity index (χ1v) is 11.3. The van der Waals surface area contributed by atoms with E-state index in [1.807, 2.05) is 20.8 Å². The summed E-state index contributed by atoms with van der Waals surface area (Å²) in [6, 6.07) is 3.62. The number of aromatic hydroxyl groups is 1. The van der Waals surface area contributed by atoms with Crippen molar-refractivity contribution < 1.29 is 29.3 Å². The number of nitrogens with one attached hydrogen (secondary N) is 2. The summed E-state index contributed by atoms with van der Waals surface area (Å²) in [7, 11) is 0. The van der Waals surface area contributed by atoms with Gasteiger partial charge in [-0.1, -0.05) is 12.1 Å². The third-order valence-electron chi connectivity index (χ3n) is 5.10. The maximum absolute atomic E-state index is 13.6. The van der Waals surface area contributed by atoms with E-state index in [1.165, 1.54) is 17.0 Å². The number of alkyl carbamates (subject to hydrolysis) is 1. The van der Waals surface area contributed by atoms with E-state index in [1.54, 1.807) is 32.9 Å². The van der Waals surface area contributed by atoms with Gasteiger partial charge in [-0.3, -0.25) is 9.59 Å². The number of hydrogen-bond donors (Lipinski definition) is 4. The molecule has 1 saturated carbocycles. The summed E-state index contributed by atoms with van der Waals surface area (Å²) < 4.78 is 5.23. The Balaban J connectivity index is 2.44. The number of phenolic OH excluding ortho intramolecular Hbond substituents is 1.